The van der Waals surface area contributed by atoms with Crippen LogP contribution in [0.4, 0.5) is 13.2 Å². The molecule has 0 aliphatic heterocycles. The molecular formula is C14H9F3N2O. The van der Waals surface area contributed by atoms with Crippen molar-refractivity contribution < 1.29 is 17.9 Å². The minimum atomic E-state index is -4.68. The lowest BCUT2D eigenvalue weighted by atomic mass is 10.2. The normalized spacial score (nSPS) is 11.8. The third kappa shape index (κ3) is 2.59. The zero-order valence-corrected chi connectivity index (χ0v) is 10.1. The van der Waals surface area contributed by atoms with E-state index in [1.54, 1.807) is 24.5 Å². The first-order valence-corrected chi connectivity index (χ1v) is 5.80. The summed E-state index contributed by atoms with van der Waals surface area (Å²) in [5.41, 5.74) is 2.47. The fourth-order valence-corrected chi connectivity index (χ4v) is 1.99. The second kappa shape index (κ2) is 4.56. The van der Waals surface area contributed by atoms with Gasteiger partial charge in [0, 0.05) is 34.6 Å². The highest BCUT2D eigenvalue weighted by molar-refractivity contribution is 5.86. The molecule has 3 aromatic rings. The number of aromatic amines is 1. The van der Waals surface area contributed by atoms with Crippen LogP contribution in [0.1, 0.15) is 0 Å². The Balaban J connectivity index is 2.00. The molecule has 102 valence electrons. The van der Waals surface area contributed by atoms with Gasteiger partial charge in [-0.1, -0.05) is 0 Å². The number of benzene rings is 1. The van der Waals surface area contributed by atoms with E-state index in [1.165, 1.54) is 12.1 Å². The van der Waals surface area contributed by atoms with Gasteiger partial charge in [0.05, 0.1) is 0 Å². The third-order valence-electron chi connectivity index (χ3n) is 2.82. The van der Waals surface area contributed by atoms with Crippen molar-refractivity contribution in [2.75, 3.05) is 0 Å². The molecule has 3 rings (SSSR count). The smallest absolute Gasteiger partial charge is 0.406 e. The molecule has 0 aliphatic rings. The first kappa shape index (κ1) is 12.5. The topological polar surface area (TPSA) is 37.9 Å². The Morgan fingerprint density at radius 2 is 1.75 bits per heavy atom. The third-order valence-corrected chi connectivity index (χ3v) is 2.82. The highest BCUT2D eigenvalue weighted by Crippen LogP contribution is 2.29. The highest BCUT2D eigenvalue weighted by Gasteiger charge is 2.31. The Labute approximate surface area is 112 Å². The van der Waals surface area contributed by atoms with Gasteiger partial charge in [-0.25, -0.2) is 0 Å². The van der Waals surface area contributed by atoms with Crippen LogP contribution in [0.15, 0.2) is 48.8 Å². The first-order chi connectivity index (χ1) is 9.51. The van der Waals surface area contributed by atoms with Crippen LogP contribution < -0.4 is 4.74 Å². The van der Waals surface area contributed by atoms with Crippen molar-refractivity contribution in [2.24, 2.45) is 0 Å². The van der Waals surface area contributed by atoms with Gasteiger partial charge >= 0.3 is 6.36 Å². The lowest BCUT2D eigenvalue weighted by molar-refractivity contribution is -0.274. The minimum absolute atomic E-state index is 0.231. The highest BCUT2D eigenvalue weighted by atomic mass is 19.4. The average molecular weight is 278 g/mol. The molecule has 1 N–H and O–H groups in total. The maximum Gasteiger partial charge on any atom is 0.573 e. The summed E-state index contributed by atoms with van der Waals surface area (Å²) in [4.78, 5) is 7.06. The number of halogens is 3. The van der Waals surface area contributed by atoms with Crippen LogP contribution >= 0.6 is 0 Å². The number of rotatable bonds is 2. The molecule has 0 aliphatic carbocycles. The molecule has 0 unspecified atom stereocenters. The average Bonchev–Trinajstić information content (AvgIpc) is 2.81. The summed E-state index contributed by atoms with van der Waals surface area (Å²) < 4.78 is 40.4. The Morgan fingerprint density at radius 3 is 2.45 bits per heavy atom. The van der Waals surface area contributed by atoms with Crippen LogP contribution in [0, 0.1) is 0 Å². The fraction of sp³-hybridized carbons (Fsp3) is 0.0714. The van der Waals surface area contributed by atoms with Crippen LogP contribution in [0.5, 0.6) is 5.75 Å². The molecule has 6 heteroatoms. The summed E-state index contributed by atoms with van der Waals surface area (Å²) >= 11 is 0. The molecular weight excluding hydrogens is 269 g/mol. The molecule has 0 bridgehead atoms. The van der Waals surface area contributed by atoms with Gasteiger partial charge in [0.1, 0.15) is 5.75 Å². The molecule has 1 aromatic carbocycles. The van der Waals surface area contributed by atoms with Gasteiger partial charge < -0.3 is 9.72 Å². The quantitative estimate of drug-likeness (QED) is 0.765. The van der Waals surface area contributed by atoms with Gasteiger partial charge in [0.25, 0.3) is 0 Å². The summed E-state index contributed by atoms with van der Waals surface area (Å²) in [6.07, 6.45) is -1.38. The van der Waals surface area contributed by atoms with Gasteiger partial charge in [-0.3, -0.25) is 4.98 Å². The number of pyridine rings is 1. The van der Waals surface area contributed by atoms with Crippen molar-refractivity contribution >= 4 is 10.9 Å². The maximum absolute atomic E-state index is 12.2. The summed E-state index contributed by atoms with van der Waals surface area (Å²) in [7, 11) is 0. The maximum atomic E-state index is 12.2. The van der Waals surface area contributed by atoms with Crippen LogP contribution in [-0.2, 0) is 0 Å². The van der Waals surface area contributed by atoms with Gasteiger partial charge in [-0.05, 0) is 36.4 Å². The van der Waals surface area contributed by atoms with Crippen molar-refractivity contribution in [1.29, 1.82) is 0 Å². The van der Waals surface area contributed by atoms with Gasteiger partial charge in [-0.2, -0.15) is 0 Å². The molecule has 2 aromatic heterocycles. The van der Waals surface area contributed by atoms with E-state index in [0.717, 1.165) is 16.8 Å². The van der Waals surface area contributed by atoms with E-state index in [2.05, 4.69) is 14.7 Å². The molecule has 20 heavy (non-hydrogen) atoms. The van der Waals surface area contributed by atoms with Crippen LogP contribution in [0.2, 0.25) is 0 Å². The number of H-pyrrole nitrogens is 1. The molecule has 0 fully saturated rings. The summed E-state index contributed by atoms with van der Waals surface area (Å²) in [5, 5.41) is 0.651. The van der Waals surface area contributed by atoms with E-state index in [-0.39, 0.29) is 5.75 Å². The van der Waals surface area contributed by atoms with Crippen molar-refractivity contribution in [2.45, 2.75) is 6.36 Å². The molecule has 0 radical (unpaired) electrons. The summed E-state index contributed by atoms with van der Waals surface area (Å²) in [6, 6.07) is 9.59. The lowest BCUT2D eigenvalue weighted by Crippen LogP contribution is -2.16. The number of aromatic nitrogens is 2. The molecule has 0 spiro atoms. The molecule has 2 heterocycles. The Kier molecular flexibility index (Phi) is 2.85. The van der Waals surface area contributed by atoms with Crippen LogP contribution in [0.3, 0.4) is 0 Å². The van der Waals surface area contributed by atoms with E-state index < -0.39 is 6.36 Å². The van der Waals surface area contributed by atoms with Gasteiger partial charge in [-0.15, -0.1) is 13.2 Å². The zero-order valence-electron chi connectivity index (χ0n) is 10.1. The van der Waals surface area contributed by atoms with Crippen LogP contribution in [-0.4, -0.2) is 16.3 Å². The van der Waals surface area contributed by atoms with E-state index in [0.29, 0.717) is 5.39 Å². The molecule has 0 saturated heterocycles. The molecule has 0 atom stereocenters. The number of fused-ring (bicyclic) bond motifs is 1. The van der Waals surface area contributed by atoms with Crippen molar-refractivity contribution in [3.63, 3.8) is 0 Å². The van der Waals surface area contributed by atoms with Crippen molar-refractivity contribution in [3.8, 4) is 17.0 Å². The Morgan fingerprint density at radius 1 is 1.00 bits per heavy atom. The number of hydrogen-bond acceptors (Lipinski definition) is 2. The standard InChI is InChI=1S/C14H9F3N2O/c15-14(16,17)20-11-1-2-12-10(7-11)8-13(19-12)9-3-5-18-6-4-9/h1-8,19H. The van der Waals surface area contributed by atoms with Crippen LogP contribution in [0.25, 0.3) is 22.2 Å². The number of nitrogens with one attached hydrogen (secondary N) is 1. The number of ether oxygens (including phenoxy) is 1. The second-order valence-electron chi connectivity index (χ2n) is 4.22. The molecule has 0 amide bonds. The second-order valence-corrected chi connectivity index (χ2v) is 4.22. The monoisotopic (exact) mass is 278 g/mol. The van der Waals surface area contributed by atoms with Crippen molar-refractivity contribution in [3.05, 3.63) is 48.8 Å². The summed E-state index contributed by atoms with van der Waals surface area (Å²) in [6.45, 7) is 0. The largest absolute Gasteiger partial charge is 0.573 e. The van der Waals surface area contributed by atoms with E-state index in [4.69, 9.17) is 0 Å². The minimum Gasteiger partial charge on any atom is -0.406 e. The SMILES string of the molecule is FC(F)(F)Oc1ccc2[nH]c(-c3ccncc3)cc2c1. The molecule has 0 saturated carbocycles. The number of hydrogen-bond donors (Lipinski definition) is 1. The predicted molar refractivity (Wildman–Crippen MR) is 68.2 cm³/mol. The Hall–Kier alpha value is -2.50. The number of alkyl halides is 3. The first-order valence-electron chi connectivity index (χ1n) is 5.80. The van der Waals surface area contributed by atoms with E-state index in [1.807, 2.05) is 12.1 Å². The molecule has 3 nitrogen and oxygen atoms in total. The van der Waals surface area contributed by atoms with Gasteiger partial charge in [0.2, 0.25) is 0 Å². The van der Waals surface area contributed by atoms with E-state index >= 15 is 0 Å². The fourth-order valence-electron chi connectivity index (χ4n) is 1.99. The lowest BCUT2D eigenvalue weighted by Gasteiger charge is -2.08. The summed E-state index contributed by atoms with van der Waals surface area (Å²) in [5.74, 6) is -0.231. The number of nitrogens with zero attached hydrogens (tertiary/aromatic N) is 1. The van der Waals surface area contributed by atoms with Crippen molar-refractivity contribution in [1.82, 2.24) is 9.97 Å². The predicted octanol–water partition coefficient (Wildman–Crippen LogP) is 4.13. The van der Waals surface area contributed by atoms with Gasteiger partial charge in [0.15, 0.2) is 0 Å². The van der Waals surface area contributed by atoms with E-state index in [9.17, 15) is 13.2 Å². The Bertz CT molecular complexity index is 735. The zero-order chi connectivity index (χ0) is 14.2.